The number of carbonyl (C=O) groups is 3. The summed E-state index contributed by atoms with van der Waals surface area (Å²) in [7, 11) is 0. The normalized spacial score (nSPS) is 10.2. The highest BCUT2D eigenvalue weighted by Gasteiger charge is 2.14. The predicted molar refractivity (Wildman–Crippen MR) is 117 cm³/mol. The number of para-hydroxylation sites is 1. The van der Waals surface area contributed by atoms with E-state index in [1.807, 2.05) is 6.92 Å². The van der Waals surface area contributed by atoms with Gasteiger partial charge in [-0.25, -0.2) is 0 Å². The Balaban J connectivity index is 1.80. The summed E-state index contributed by atoms with van der Waals surface area (Å²) >= 11 is 6.03. The van der Waals surface area contributed by atoms with Crippen LogP contribution in [0.5, 0.6) is 5.75 Å². The molecule has 160 valence electrons. The van der Waals surface area contributed by atoms with Gasteiger partial charge in [0.05, 0.1) is 12.2 Å². The molecule has 7 nitrogen and oxygen atoms in total. The molecule has 0 heterocycles. The molecule has 0 aliphatic heterocycles. The molecule has 0 unspecified atom stereocenters. The van der Waals surface area contributed by atoms with E-state index in [1.165, 1.54) is 0 Å². The number of unbranched alkanes of at least 4 members (excludes halogenated alkanes) is 1. The second-order valence-electron chi connectivity index (χ2n) is 6.66. The Kier molecular flexibility index (Phi) is 9.15. The van der Waals surface area contributed by atoms with E-state index in [9.17, 15) is 14.4 Å². The number of hydrogen-bond acceptors (Lipinski definition) is 4. The molecule has 3 N–H and O–H groups in total. The van der Waals surface area contributed by atoms with E-state index in [0.29, 0.717) is 28.6 Å². The van der Waals surface area contributed by atoms with Crippen LogP contribution in [0.4, 0.5) is 5.69 Å². The Bertz CT molecular complexity index is 902. The van der Waals surface area contributed by atoms with Crippen molar-refractivity contribution in [3.8, 4) is 5.75 Å². The maximum atomic E-state index is 12.4. The molecule has 2 aromatic carbocycles. The maximum Gasteiger partial charge on any atom is 0.273 e. The molecule has 0 bridgehead atoms. The first-order valence-electron chi connectivity index (χ1n) is 9.78. The average molecular weight is 432 g/mol. The van der Waals surface area contributed by atoms with Gasteiger partial charge in [0.1, 0.15) is 5.75 Å². The Hall–Kier alpha value is -3.06. The van der Waals surface area contributed by atoms with Gasteiger partial charge < -0.3 is 10.1 Å². The second-order valence-corrected chi connectivity index (χ2v) is 7.07. The van der Waals surface area contributed by atoms with Crippen molar-refractivity contribution in [2.45, 2.75) is 39.5 Å². The first kappa shape index (κ1) is 23.2. The lowest BCUT2D eigenvalue weighted by Gasteiger charge is -2.12. The van der Waals surface area contributed by atoms with Crippen LogP contribution in [-0.2, 0) is 9.59 Å². The summed E-state index contributed by atoms with van der Waals surface area (Å²) in [5.41, 5.74) is 6.35. The first-order valence-corrected chi connectivity index (χ1v) is 10.2. The Morgan fingerprint density at radius 1 is 0.967 bits per heavy atom. The van der Waals surface area contributed by atoms with E-state index in [1.54, 1.807) is 49.4 Å². The Morgan fingerprint density at radius 2 is 1.70 bits per heavy atom. The largest absolute Gasteiger partial charge is 0.493 e. The van der Waals surface area contributed by atoms with Crippen LogP contribution in [-0.4, -0.2) is 24.3 Å². The fraction of sp³-hybridized carbons (Fsp3) is 0.318. The Morgan fingerprint density at radius 3 is 2.47 bits per heavy atom. The summed E-state index contributed by atoms with van der Waals surface area (Å²) < 4.78 is 5.62. The molecule has 30 heavy (non-hydrogen) atoms. The van der Waals surface area contributed by atoms with Crippen LogP contribution < -0.4 is 20.9 Å². The molecule has 0 spiro atoms. The van der Waals surface area contributed by atoms with E-state index >= 15 is 0 Å². The van der Waals surface area contributed by atoms with Gasteiger partial charge in [-0.3, -0.25) is 25.2 Å². The first-order chi connectivity index (χ1) is 14.4. The SMILES string of the molecule is CCCCOc1ccccc1C(=O)NNC(=O)CCC(=O)Nc1cccc(Cl)c1C. The Labute approximate surface area is 181 Å². The number of hydrogen-bond donors (Lipinski definition) is 3. The highest BCUT2D eigenvalue weighted by atomic mass is 35.5. The van der Waals surface area contributed by atoms with Crippen LogP contribution in [0.2, 0.25) is 5.02 Å². The van der Waals surface area contributed by atoms with Gasteiger partial charge in [0.2, 0.25) is 11.8 Å². The third-order valence-electron chi connectivity index (χ3n) is 4.32. The van der Waals surface area contributed by atoms with Crippen molar-refractivity contribution in [2.75, 3.05) is 11.9 Å². The van der Waals surface area contributed by atoms with Crippen LogP contribution in [0, 0.1) is 6.92 Å². The van der Waals surface area contributed by atoms with Crippen molar-refractivity contribution in [3.05, 3.63) is 58.6 Å². The molecule has 0 fully saturated rings. The summed E-state index contributed by atoms with van der Waals surface area (Å²) in [6.07, 6.45) is 1.74. The van der Waals surface area contributed by atoms with Gasteiger partial charge in [-0.1, -0.05) is 43.1 Å². The number of amides is 3. The van der Waals surface area contributed by atoms with Gasteiger partial charge in [0.15, 0.2) is 0 Å². The molecular formula is C22H26ClN3O4. The fourth-order valence-electron chi connectivity index (χ4n) is 2.55. The van der Waals surface area contributed by atoms with Crippen LogP contribution in [0.3, 0.4) is 0 Å². The summed E-state index contributed by atoms with van der Waals surface area (Å²) in [4.78, 5) is 36.4. The van der Waals surface area contributed by atoms with Crippen molar-refractivity contribution in [3.63, 3.8) is 0 Å². The lowest BCUT2D eigenvalue weighted by atomic mass is 10.2. The van der Waals surface area contributed by atoms with E-state index in [0.717, 1.165) is 18.4 Å². The number of carbonyl (C=O) groups excluding carboxylic acids is 3. The van der Waals surface area contributed by atoms with Crippen molar-refractivity contribution in [1.29, 1.82) is 0 Å². The van der Waals surface area contributed by atoms with Gasteiger partial charge in [-0.2, -0.15) is 0 Å². The average Bonchev–Trinajstić information content (AvgIpc) is 2.74. The maximum absolute atomic E-state index is 12.4. The number of ether oxygens (including phenoxy) is 1. The van der Waals surface area contributed by atoms with Crippen LogP contribution >= 0.6 is 11.6 Å². The van der Waals surface area contributed by atoms with Crippen molar-refractivity contribution in [1.82, 2.24) is 10.9 Å². The molecule has 8 heteroatoms. The predicted octanol–water partition coefficient (Wildman–Crippen LogP) is 4.01. The minimum atomic E-state index is -0.491. The van der Waals surface area contributed by atoms with Gasteiger partial charge in [-0.05, 0) is 43.2 Å². The van der Waals surface area contributed by atoms with E-state index < -0.39 is 11.8 Å². The van der Waals surface area contributed by atoms with Gasteiger partial charge >= 0.3 is 0 Å². The van der Waals surface area contributed by atoms with E-state index in [4.69, 9.17) is 16.3 Å². The number of benzene rings is 2. The summed E-state index contributed by atoms with van der Waals surface area (Å²) in [6, 6.07) is 12.0. The number of rotatable bonds is 9. The minimum Gasteiger partial charge on any atom is -0.493 e. The zero-order valence-corrected chi connectivity index (χ0v) is 17.8. The van der Waals surface area contributed by atoms with Crippen molar-refractivity contribution in [2.24, 2.45) is 0 Å². The van der Waals surface area contributed by atoms with Gasteiger partial charge in [-0.15, -0.1) is 0 Å². The van der Waals surface area contributed by atoms with Crippen molar-refractivity contribution < 1.29 is 19.1 Å². The molecule has 0 aliphatic rings. The van der Waals surface area contributed by atoms with Gasteiger partial charge in [0.25, 0.3) is 5.91 Å². The minimum absolute atomic E-state index is 0.0373. The molecule has 0 saturated carbocycles. The highest BCUT2D eigenvalue weighted by molar-refractivity contribution is 6.31. The monoisotopic (exact) mass is 431 g/mol. The second kappa shape index (κ2) is 11.8. The van der Waals surface area contributed by atoms with Crippen molar-refractivity contribution >= 4 is 35.0 Å². The molecular weight excluding hydrogens is 406 g/mol. The zero-order valence-electron chi connectivity index (χ0n) is 17.1. The molecule has 2 aromatic rings. The molecule has 0 saturated heterocycles. The number of nitrogens with one attached hydrogen (secondary N) is 3. The number of anilines is 1. The number of halogens is 1. The molecule has 0 aliphatic carbocycles. The van der Waals surface area contributed by atoms with E-state index in [-0.39, 0.29) is 18.7 Å². The lowest BCUT2D eigenvalue weighted by molar-refractivity contribution is -0.124. The summed E-state index contributed by atoms with van der Waals surface area (Å²) in [5, 5.41) is 3.27. The smallest absolute Gasteiger partial charge is 0.273 e. The third kappa shape index (κ3) is 7.08. The molecule has 2 rings (SSSR count). The topological polar surface area (TPSA) is 96.5 Å². The molecule has 0 radical (unpaired) electrons. The standard InChI is InChI=1S/C22H26ClN3O4/c1-3-4-14-30-19-11-6-5-8-16(19)22(29)26-25-21(28)13-12-20(27)24-18-10-7-9-17(23)15(18)2/h5-11H,3-4,12-14H2,1-2H3,(H,24,27)(H,25,28)(H,26,29). The number of hydrazine groups is 1. The van der Waals surface area contributed by atoms with Crippen LogP contribution in [0.25, 0.3) is 0 Å². The quantitative estimate of drug-likeness (QED) is 0.413. The zero-order chi connectivity index (χ0) is 21.9. The summed E-state index contributed by atoms with van der Waals surface area (Å²) in [6.45, 7) is 4.35. The highest BCUT2D eigenvalue weighted by Crippen LogP contribution is 2.23. The third-order valence-corrected chi connectivity index (χ3v) is 4.73. The lowest BCUT2D eigenvalue weighted by Crippen LogP contribution is -2.42. The molecule has 3 amide bonds. The van der Waals surface area contributed by atoms with Crippen LogP contribution in [0.1, 0.15) is 48.5 Å². The van der Waals surface area contributed by atoms with Crippen LogP contribution in [0.15, 0.2) is 42.5 Å². The van der Waals surface area contributed by atoms with E-state index in [2.05, 4.69) is 16.2 Å². The van der Waals surface area contributed by atoms with Gasteiger partial charge in [0, 0.05) is 23.6 Å². The summed E-state index contributed by atoms with van der Waals surface area (Å²) in [5.74, 6) is -0.842. The molecule has 0 aromatic heterocycles. The molecule has 0 atom stereocenters. The fourth-order valence-corrected chi connectivity index (χ4v) is 2.72.